The molecule has 1 saturated heterocycles. The van der Waals surface area contributed by atoms with Gasteiger partial charge in [0.25, 0.3) is 0 Å². The molecule has 0 bridgehead atoms. The standard InChI is InChI=1S/C18H26ClNO4/c1-2-23-16-13-14(6-7-17(21)22)12-15(19)18(16)24-11-10-20-8-4-3-5-9-20/h12-13H,2-11H2,1H3,(H,21,22). The molecule has 0 atom stereocenters. The topological polar surface area (TPSA) is 59.0 Å². The maximum absolute atomic E-state index is 10.7. The first-order valence-electron chi connectivity index (χ1n) is 8.62. The fourth-order valence-electron chi connectivity index (χ4n) is 2.88. The van der Waals surface area contributed by atoms with E-state index in [0.717, 1.165) is 25.2 Å². The Bertz CT molecular complexity index is 544. The molecule has 0 aromatic heterocycles. The first-order valence-corrected chi connectivity index (χ1v) is 9.00. The lowest BCUT2D eigenvalue weighted by Gasteiger charge is -2.26. The molecule has 0 spiro atoms. The summed E-state index contributed by atoms with van der Waals surface area (Å²) in [6.07, 6.45) is 4.31. The van der Waals surface area contributed by atoms with Gasteiger partial charge in [-0.15, -0.1) is 0 Å². The number of carboxylic acid groups (broad SMARTS) is 1. The minimum atomic E-state index is -0.828. The number of carboxylic acids is 1. The predicted molar refractivity (Wildman–Crippen MR) is 94.4 cm³/mol. The van der Waals surface area contributed by atoms with E-state index in [1.165, 1.54) is 19.3 Å². The molecule has 0 unspecified atom stereocenters. The Balaban J connectivity index is 1.99. The van der Waals surface area contributed by atoms with Crippen LogP contribution in [0, 0.1) is 0 Å². The molecule has 1 aromatic rings. The van der Waals surface area contributed by atoms with Crippen molar-refractivity contribution in [2.75, 3.05) is 32.8 Å². The molecule has 2 rings (SSSR count). The molecule has 6 heteroatoms. The largest absolute Gasteiger partial charge is 0.490 e. The van der Waals surface area contributed by atoms with E-state index in [2.05, 4.69) is 4.90 Å². The minimum absolute atomic E-state index is 0.0665. The third-order valence-corrected chi connectivity index (χ3v) is 4.38. The summed E-state index contributed by atoms with van der Waals surface area (Å²) >= 11 is 6.34. The van der Waals surface area contributed by atoms with Gasteiger partial charge in [0.2, 0.25) is 0 Å². The number of carbonyl (C=O) groups is 1. The number of aryl methyl sites for hydroxylation is 1. The van der Waals surface area contributed by atoms with Gasteiger partial charge in [0.1, 0.15) is 6.61 Å². The van der Waals surface area contributed by atoms with Crippen molar-refractivity contribution in [3.05, 3.63) is 22.7 Å². The zero-order chi connectivity index (χ0) is 17.4. The van der Waals surface area contributed by atoms with Crippen LogP contribution in [-0.4, -0.2) is 48.8 Å². The second kappa shape index (κ2) is 9.74. The molecule has 0 aliphatic carbocycles. The molecule has 1 aliphatic heterocycles. The SMILES string of the molecule is CCOc1cc(CCC(=O)O)cc(Cl)c1OCCN1CCCCC1. The highest BCUT2D eigenvalue weighted by molar-refractivity contribution is 6.32. The van der Waals surface area contributed by atoms with Crippen LogP contribution in [0.1, 0.15) is 38.2 Å². The maximum atomic E-state index is 10.7. The summed E-state index contributed by atoms with van der Waals surface area (Å²) < 4.78 is 11.5. The Labute approximate surface area is 148 Å². The van der Waals surface area contributed by atoms with Gasteiger partial charge in [-0.25, -0.2) is 0 Å². The highest BCUT2D eigenvalue weighted by atomic mass is 35.5. The fraction of sp³-hybridized carbons (Fsp3) is 0.611. The lowest BCUT2D eigenvalue weighted by molar-refractivity contribution is -0.136. The smallest absolute Gasteiger partial charge is 0.303 e. The summed E-state index contributed by atoms with van der Waals surface area (Å²) in [5, 5.41) is 9.29. The molecule has 0 saturated carbocycles. The van der Waals surface area contributed by atoms with Crippen molar-refractivity contribution in [3.8, 4) is 11.5 Å². The predicted octanol–water partition coefficient (Wildman–Crippen LogP) is 3.62. The zero-order valence-electron chi connectivity index (χ0n) is 14.2. The Morgan fingerprint density at radius 1 is 1.25 bits per heavy atom. The molecule has 1 aromatic carbocycles. The van der Waals surface area contributed by atoms with E-state index in [1.807, 2.05) is 13.0 Å². The van der Waals surface area contributed by atoms with Crippen molar-refractivity contribution in [2.24, 2.45) is 0 Å². The van der Waals surface area contributed by atoms with Crippen LogP contribution in [-0.2, 0) is 11.2 Å². The van der Waals surface area contributed by atoms with Gasteiger partial charge in [0.05, 0.1) is 11.6 Å². The first-order chi connectivity index (χ1) is 11.6. The van der Waals surface area contributed by atoms with Crippen LogP contribution in [0.3, 0.4) is 0 Å². The van der Waals surface area contributed by atoms with Crippen molar-refractivity contribution in [1.82, 2.24) is 4.90 Å². The van der Waals surface area contributed by atoms with E-state index in [-0.39, 0.29) is 6.42 Å². The van der Waals surface area contributed by atoms with E-state index in [9.17, 15) is 4.79 Å². The van der Waals surface area contributed by atoms with Gasteiger partial charge >= 0.3 is 5.97 Å². The van der Waals surface area contributed by atoms with Crippen molar-refractivity contribution in [1.29, 1.82) is 0 Å². The molecule has 1 aliphatic rings. The van der Waals surface area contributed by atoms with Gasteiger partial charge in [0.15, 0.2) is 11.5 Å². The highest BCUT2D eigenvalue weighted by Crippen LogP contribution is 2.37. The van der Waals surface area contributed by atoms with E-state index in [1.54, 1.807) is 6.07 Å². The highest BCUT2D eigenvalue weighted by Gasteiger charge is 2.15. The maximum Gasteiger partial charge on any atom is 0.303 e. The summed E-state index contributed by atoms with van der Waals surface area (Å²) in [7, 11) is 0. The summed E-state index contributed by atoms with van der Waals surface area (Å²) in [5.41, 5.74) is 0.842. The van der Waals surface area contributed by atoms with Crippen LogP contribution in [0.2, 0.25) is 5.02 Å². The Hall–Kier alpha value is -1.46. The number of ether oxygens (including phenoxy) is 2. The zero-order valence-corrected chi connectivity index (χ0v) is 15.0. The van der Waals surface area contributed by atoms with Crippen LogP contribution in [0.5, 0.6) is 11.5 Å². The second-order valence-corrected chi connectivity index (χ2v) is 6.39. The second-order valence-electron chi connectivity index (χ2n) is 5.98. The number of piperidine rings is 1. The number of likely N-dealkylation sites (tertiary alicyclic amines) is 1. The van der Waals surface area contributed by atoms with Crippen molar-refractivity contribution in [2.45, 2.75) is 39.0 Å². The molecular weight excluding hydrogens is 330 g/mol. The van der Waals surface area contributed by atoms with Crippen molar-refractivity contribution >= 4 is 17.6 Å². The van der Waals surface area contributed by atoms with Gasteiger partial charge in [-0.2, -0.15) is 0 Å². The molecule has 5 nitrogen and oxygen atoms in total. The molecule has 0 radical (unpaired) electrons. The first kappa shape index (κ1) is 18.9. The number of benzene rings is 1. The molecule has 134 valence electrons. The number of halogens is 1. The number of aliphatic carboxylic acids is 1. The van der Waals surface area contributed by atoms with Gasteiger partial charge in [-0.1, -0.05) is 18.0 Å². The number of hydrogen-bond acceptors (Lipinski definition) is 4. The van der Waals surface area contributed by atoms with Crippen LogP contribution < -0.4 is 9.47 Å². The summed E-state index contributed by atoms with van der Waals surface area (Å²) in [4.78, 5) is 13.1. The van der Waals surface area contributed by atoms with E-state index in [0.29, 0.717) is 36.2 Å². The number of nitrogens with zero attached hydrogens (tertiary/aromatic N) is 1. The van der Waals surface area contributed by atoms with Crippen molar-refractivity contribution < 1.29 is 19.4 Å². The monoisotopic (exact) mass is 355 g/mol. The quantitative estimate of drug-likeness (QED) is 0.733. The van der Waals surface area contributed by atoms with Gasteiger partial charge < -0.3 is 14.6 Å². The van der Waals surface area contributed by atoms with Crippen LogP contribution >= 0.6 is 11.6 Å². The average Bonchev–Trinajstić information content (AvgIpc) is 2.56. The summed E-state index contributed by atoms with van der Waals surface area (Å²) in [5.74, 6) is 0.310. The lowest BCUT2D eigenvalue weighted by atomic mass is 10.1. The Morgan fingerprint density at radius 2 is 2.00 bits per heavy atom. The van der Waals surface area contributed by atoms with E-state index in [4.69, 9.17) is 26.2 Å². The summed E-state index contributed by atoms with van der Waals surface area (Å²) in [6, 6.07) is 3.60. The van der Waals surface area contributed by atoms with Crippen LogP contribution in [0.25, 0.3) is 0 Å². The normalized spacial score (nSPS) is 15.2. The molecule has 1 heterocycles. The third kappa shape index (κ3) is 5.87. The molecule has 1 fully saturated rings. The molecular formula is C18H26ClNO4. The Kier molecular flexibility index (Phi) is 7.66. The lowest BCUT2D eigenvalue weighted by Crippen LogP contribution is -2.33. The average molecular weight is 356 g/mol. The number of rotatable bonds is 9. The summed E-state index contributed by atoms with van der Waals surface area (Å²) in [6.45, 7) is 6.10. The Morgan fingerprint density at radius 3 is 2.67 bits per heavy atom. The van der Waals surface area contributed by atoms with Crippen LogP contribution in [0.15, 0.2) is 12.1 Å². The fourth-order valence-corrected chi connectivity index (χ4v) is 3.17. The van der Waals surface area contributed by atoms with Gasteiger partial charge in [0, 0.05) is 13.0 Å². The van der Waals surface area contributed by atoms with Crippen molar-refractivity contribution in [3.63, 3.8) is 0 Å². The van der Waals surface area contributed by atoms with Gasteiger partial charge in [-0.3, -0.25) is 9.69 Å². The third-order valence-electron chi connectivity index (χ3n) is 4.10. The molecule has 0 amide bonds. The minimum Gasteiger partial charge on any atom is -0.490 e. The number of hydrogen-bond donors (Lipinski definition) is 1. The van der Waals surface area contributed by atoms with E-state index >= 15 is 0 Å². The molecule has 1 N–H and O–H groups in total. The molecule has 24 heavy (non-hydrogen) atoms. The van der Waals surface area contributed by atoms with Gasteiger partial charge in [-0.05, 0) is 57.0 Å². The van der Waals surface area contributed by atoms with E-state index < -0.39 is 5.97 Å². The van der Waals surface area contributed by atoms with Crippen LogP contribution in [0.4, 0.5) is 0 Å².